The number of aryl methyl sites for hydroxylation is 1. The monoisotopic (exact) mass is 359 g/mol. The number of carbonyl (C=O) groups excluding carboxylic acids is 2. The summed E-state index contributed by atoms with van der Waals surface area (Å²) >= 11 is 7.02. The van der Waals surface area contributed by atoms with E-state index in [1.165, 1.54) is 13.0 Å². The van der Waals surface area contributed by atoms with E-state index < -0.39 is 0 Å². The Kier molecular flexibility index (Phi) is 5.96. The fourth-order valence-corrected chi connectivity index (χ4v) is 3.02. The summed E-state index contributed by atoms with van der Waals surface area (Å²) in [7, 11) is 0. The molecule has 0 saturated carbocycles. The van der Waals surface area contributed by atoms with E-state index in [4.69, 9.17) is 11.6 Å². The topological polar surface area (TPSA) is 82.8 Å². The van der Waals surface area contributed by atoms with Crippen LogP contribution in [0, 0.1) is 18.3 Å². The molecular formula is C17H14ClN3O2S. The molecule has 0 aliphatic carbocycles. The minimum absolute atomic E-state index is 0.0903. The van der Waals surface area contributed by atoms with Crippen molar-refractivity contribution in [1.82, 2.24) is 4.98 Å². The highest BCUT2D eigenvalue weighted by molar-refractivity contribution is 8.00. The summed E-state index contributed by atoms with van der Waals surface area (Å²) in [6.07, 6.45) is 0. The molecule has 0 atom stereocenters. The number of carbonyl (C=O) groups is 2. The lowest BCUT2D eigenvalue weighted by Crippen LogP contribution is -2.14. The predicted molar refractivity (Wildman–Crippen MR) is 94.5 cm³/mol. The molecule has 24 heavy (non-hydrogen) atoms. The predicted octanol–water partition coefficient (Wildman–Crippen LogP) is 3.85. The number of nitrogens with one attached hydrogen (secondary N) is 1. The smallest absolute Gasteiger partial charge is 0.234 e. The number of ketones is 1. The normalized spacial score (nSPS) is 10.1. The first-order valence-electron chi connectivity index (χ1n) is 7.01. The van der Waals surface area contributed by atoms with Crippen LogP contribution in [0.5, 0.6) is 0 Å². The van der Waals surface area contributed by atoms with E-state index >= 15 is 0 Å². The Morgan fingerprint density at radius 1 is 1.38 bits per heavy atom. The van der Waals surface area contributed by atoms with Crippen LogP contribution < -0.4 is 5.32 Å². The number of halogens is 1. The maximum Gasteiger partial charge on any atom is 0.234 e. The van der Waals surface area contributed by atoms with Crippen molar-refractivity contribution in [2.75, 3.05) is 11.1 Å². The minimum Gasteiger partial charge on any atom is -0.325 e. The summed E-state index contributed by atoms with van der Waals surface area (Å²) < 4.78 is 0. The van der Waals surface area contributed by atoms with Crippen LogP contribution in [-0.4, -0.2) is 22.4 Å². The largest absolute Gasteiger partial charge is 0.325 e. The highest BCUT2D eigenvalue weighted by atomic mass is 35.5. The van der Waals surface area contributed by atoms with Crippen molar-refractivity contribution in [3.05, 3.63) is 52.2 Å². The Morgan fingerprint density at radius 3 is 2.75 bits per heavy atom. The zero-order valence-electron chi connectivity index (χ0n) is 13.1. The van der Waals surface area contributed by atoms with Crippen molar-refractivity contribution in [2.45, 2.75) is 18.9 Å². The van der Waals surface area contributed by atoms with Crippen molar-refractivity contribution < 1.29 is 9.59 Å². The molecule has 1 heterocycles. The van der Waals surface area contributed by atoms with Gasteiger partial charge in [-0.2, -0.15) is 5.26 Å². The summed E-state index contributed by atoms with van der Waals surface area (Å²) in [6.45, 7) is 3.13. The van der Waals surface area contributed by atoms with Crippen LogP contribution in [-0.2, 0) is 4.79 Å². The molecule has 0 unspecified atom stereocenters. The lowest BCUT2D eigenvalue weighted by Gasteiger charge is -2.08. The number of anilines is 1. The van der Waals surface area contributed by atoms with Gasteiger partial charge in [0.05, 0.1) is 11.3 Å². The van der Waals surface area contributed by atoms with Gasteiger partial charge in [-0.3, -0.25) is 9.59 Å². The molecule has 5 nitrogen and oxygen atoms in total. The van der Waals surface area contributed by atoms with Crippen molar-refractivity contribution in [1.29, 1.82) is 5.26 Å². The first-order valence-corrected chi connectivity index (χ1v) is 8.38. The average Bonchev–Trinajstić information content (AvgIpc) is 2.52. The molecule has 0 fully saturated rings. The molecule has 7 heteroatoms. The molecule has 1 amide bonds. The van der Waals surface area contributed by atoms with Gasteiger partial charge in [-0.1, -0.05) is 29.4 Å². The molecule has 2 rings (SSSR count). The zero-order chi connectivity index (χ0) is 17.7. The minimum atomic E-state index is -0.235. The number of nitriles is 1. The number of rotatable bonds is 5. The molecule has 1 aromatic heterocycles. The van der Waals surface area contributed by atoms with Gasteiger partial charge in [0, 0.05) is 22.0 Å². The molecule has 0 bridgehead atoms. The fourth-order valence-electron chi connectivity index (χ4n) is 2.03. The van der Waals surface area contributed by atoms with E-state index in [9.17, 15) is 14.9 Å². The standard InChI is InChI=1S/C17H14ClN3O2S/c1-10-15(11(2)22)6-12(8-19)17(20-10)24-9-16(23)21-14-5-3-4-13(18)7-14/h3-7H,9H2,1-2H3,(H,21,23). The Hall–Kier alpha value is -2.36. The third-order valence-corrected chi connectivity index (χ3v) is 4.35. The van der Waals surface area contributed by atoms with Gasteiger partial charge in [0.25, 0.3) is 0 Å². The van der Waals surface area contributed by atoms with Gasteiger partial charge >= 0.3 is 0 Å². The van der Waals surface area contributed by atoms with E-state index in [1.54, 1.807) is 31.2 Å². The van der Waals surface area contributed by atoms with Crippen LogP contribution in [0.15, 0.2) is 35.4 Å². The van der Waals surface area contributed by atoms with Gasteiger partial charge in [0.15, 0.2) is 5.78 Å². The Bertz CT molecular complexity index is 846. The van der Waals surface area contributed by atoms with E-state index in [0.29, 0.717) is 27.0 Å². The van der Waals surface area contributed by atoms with Gasteiger partial charge in [0.1, 0.15) is 11.1 Å². The number of nitrogens with zero attached hydrogens (tertiary/aromatic N) is 2. The third kappa shape index (κ3) is 4.57. The highest BCUT2D eigenvalue weighted by Crippen LogP contribution is 2.23. The SMILES string of the molecule is CC(=O)c1cc(C#N)c(SCC(=O)Nc2cccc(Cl)c2)nc1C. The second-order valence-corrected chi connectivity index (χ2v) is 6.39. The molecule has 2 aromatic rings. The van der Waals surface area contributed by atoms with Gasteiger partial charge in [-0.25, -0.2) is 4.98 Å². The van der Waals surface area contributed by atoms with Gasteiger partial charge < -0.3 is 5.32 Å². The number of thioether (sulfide) groups is 1. The molecule has 0 aliphatic rings. The van der Waals surface area contributed by atoms with E-state index in [2.05, 4.69) is 10.3 Å². The first-order chi connectivity index (χ1) is 11.4. The molecule has 122 valence electrons. The lowest BCUT2D eigenvalue weighted by molar-refractivity contribution is -0.113. The van der Waals surface area contributed by atoms with E-state index in [0.717, 1.165) is 11.8 Å². The third-order valence-electron chi connectivity index (χ3n) is 3.13. The van der Waals surface area contributed by atoms with Crippen molar-refractivity contribution in [2.24, 2.45) is 0 Å². The quantitative estimate of drug-likeness (QED) is 0.647. The van der Waals surface area contributed by atoms with Gasteiger partial charge in [0.2, 0.25) is 5.91 Å². The van der Waals surface area contributed by atoms with Crippen LogP contribution in [0.25, 0.3) is 0 Å². The van der Waals surface area contributed by atoms with Crippen molar-refractivity contribution in [3.63, 3.8) is 0 Å². The van der Waals surface area contributed by atoms with Crippen molar-refractivity contribution in [3.8, 4) is 6.07 Å². The van der Waals surface area contributed by atoms with Crippen LogP contribution in [0.4, 0.5) is 5.69 Å². The summed E-state index contributed by atoms with van der Waals surface area (Å²) in [6, 6.07) is 10.4. The molecular weight excluding hydrogens is 346 g/mol. The summed E-state index contributed by atoms with van der Waals surface area (Å²) in [5.74, 6) is -0.291. The number of hydrogen-bond donors (Lipinski definition) is 1. The average molecular weight is 360 g/mol. The number of hydrogen-bond acceptors (Lipinski definition) is 5. The second kappa shape index (κ2) is 7.95. The van der Waals surface area contributed by atoms with Crippen LogP contribution in [0.1, 0.15) is 28.5 Å². The van der Waals surface area contributed by atoms with Crippen molar-refractivity contribution >= 4 is 40.7 Å². The van der Waals surface area contributed by atoms with E-state index in [1.807, 2.05) is 6.07 Å². The molecule has 0 radical (unpaired) electrons. The van der Waals surface area contributed by atoms with Crippen LogP contribution >= 0.6 is 23.4 Å². The maximum atomic E-state index is 12.0. The summed E-state index contributed by atoms with van der Waals surface area (Å²) in [4.78, 5) is 27.8. The molecule has 0 spiro atoms. The summed E-state index contributed by atoms with van der Waals surface area (Å²) in [5, 5.41) is 12.9. The van der Waals surface area contributed by atoms with Gasteiger partial charge in [-0.15, -0.1) is 0 Å². The Balaban J connectivity index is 2.09. The fraction of sp³-hybridized carbons (Fsp3) is 0.176. The molecule has 0 saturated heterocycles. The first kappa shape index (κ1) is 18.0. The maximum absolute atomic E-state index is 12.0. The number of pyridine rings is 1. The van der Waals surface area contributed by atoms with E-state index in [-0.39, 0.29) is 23.0 Å². The zero-order valence-corrected chi connectivity index (χ0v) is 14.7. The summed E-state index contributed by atoms with van der Waals surface area (Å²) in [5.41, 5.74) is 1.84. The Labute approximate surface area is 149 Å². The molecule has 1 N–H and O–H groups in total. The highest BCUT2D eigenvalue weighted by Gasteiger charge is 2.14. The molecule has 0 aliphatic heterocycles. The van der Waals surface area contributed by atoms with Gasteiger partial charge in [-0.05, 0) is 38.1 Å². The Morgan fingerprint density at radius 2 is 2.12 bits per heavy atom. The molecule has 1 aromatic carbocycles. The number of Topliss-reactive ketones (excluding diaryl/α,β-unsaturated/α-hetero) is 1. The number of benzene rings is 1. The second-order valence-electron chi connectivity index (χ2n) is 4.99. The van der Waals surface area contributed by atoms with Crippen LogP contribution in [0.2, 0.25) is 5.02 Å². The lowest BCUT2D eigenvalue weighted by atomic mass is 10.1. The number of amides is 1. The van der Waals surface area contributed by atoms with Crippen LogP contribution in [0.3, 0.4) is 0 Å². The number of aromatic nitrogens is 1.